The SMILES string of the molecule is NC1(c2nn3c(C4CC4)nnc3s2)CC1. The molecule has 0 unspecified atom stereocenters. The fraction of sp³-hybridized carbons (Fsp3) is 0.667. The van der Waals surface area contributed by atoms with Crippen molar-refractivity contribution in [2.75, 3.05) is 0 Å². The summed E-state index contributed by atoms with van der Waals surface area (Å²) < 4.78 is 1.89. The molecule has 0 spiro atoms. The number of rotatable bonds is 2. The van der Waals surface area contributed by atoms with Crippen LogP contribution in [0.1, 0.15) is 42.4 Å². The smallest absolute Gasteiger partial charge is 0.234 e. The molecule has 2 aromatic heterocycles. The first-order valence-electron chi connectivity index (χ1n) is 5.28. The first-order valence-corrected chi connectivity index (χ1v) is 6.09. The zero-order valence-corrected chi connectivity index (χ0v) is 9.00. The first kappa shape index (κ1) is 8.18. The van der Waals surface area contributed by atoms with E-state index in [1.54, 1.807) is 11.3 Å². The fourth-order valence-electron chi connectivity index (χ4n) is 1.78. The Balaban J connectivity index is 1.89. The van der Waals surface area contributed by atoms with Gasteiger partial charge in [-0.15, -0.1) is 10.2 Å². The summed E-state index contributed by atoms with van der Waals surface area (Å²) in [6, 6.07) is 0. The number of aromatic nitrogens is 4. The van der Waals surface area contributed by atoms with Gasteiger partial charge in [0.2, 0.25) is 4.96 Å². The van der Waals surface area contributed by atoms with Gasteiger partial charge in [0.15, 0.2) is 5.82 Å². The third-order valence-corrected chi connectivity index (χ3v) is 4.29. The van der Waals surface area contributed by atoms with Crippen molar-refractivity contribution >= 4 is 16.3 Å². The van der Waals surface area contributed by atoms with E-state index < -0.39 is 0 Å². The third-order valence-electron chi connectivity index (χ3n) is 3.17. The van der Waals surface area contributed by atoms with Crippen LogP contribution in [0.25, 0.3) is 4.96 Å². The molecule has 0 bridgehead atoms. The number of nitrogens with zero attached hydrogens (tertiary/aromatic N) is 4. The number of hydrogen-bond acceptors (Lipinski definition) is 5. The monoisotopic (exact) mass is 221 g/mol. The minimum Gasteiger partial charge on any atom is -0.319 e. The van der Waals surface area contributed by atoms with E-state index >= 15 is 0 Å². The summed E-state index contributed by atoms with van der Waals surface area (Å²) in [6.07, 6.45) is 4.55. The lowest BCUT2D eigenvalue weighted by atomic mass is 10.3. The third kappa shape index (κ3) is 1.09. The van der Waals surface area contributed by atoms with Crippen LogP contribution < -0.4 is 5.73 Å². The quantitative estimate of drug-likeness (QED) is 0.821. The minimum atomic E-state index is -0.147. The lowest BCUT2D eigenvalue weighted by molar-refractivity contribution is 0.693. The van der Waals surface area contributed by atoms with Gasteiger partial charge in [0, 0.05) is 5.92 Å². The predicted molar refractivity (Wildman–Crippen MR) is 55.7 cm³/mol. The Morgan fingerprint density at radius 3 is 2.80 bits per heavy atom. The van der Waals surface area contributed by atoms with Crippen LogP contribution in [-0.2, 0) is 5.54 Å². The molecule has 0 radical (unpaired) electrons. The van der Waals surface area contributed by atoms with Crippen molar-refractivity contribution in [1.82, 2.24) is 19.8 Å². The summed E-state index contributed by atoms with van der Waals surface area (Å²) >= 11 is 1.59. The van der Waals surface area contributed by atoms with Gasteiger partial charge in [0.25, 0.3) is 0 Å². The number of hydrogen-bond donors (Lipinski definition) is 1. The van der Waals surface area contributed by atoms with E-state index in [4.69, 9.17) is 5.73 Å². The summed E-state index contributed by atoms with van der Waals surface area (Å²) in [7, 11) is 0. The molecular formula is C9H11N5S. The van der Waals surface area contributed by atoms with Gasteiger partial charge in [-0.05, 0) is 25.7 Å². The average Bonchev–Trinajstić information content (AvgIpc) is 3.09. The van der Waals surface area contributed by atoms with Crippen molar-refractivity contribution < 1.29 is 0 Å². The summed E-state index contributed by atoms with van der Waals surface area (Å²) in [5.74, 6) is 1.61. The summed E-state index contributed by atoms with van der Waals surface area (Å²) in [6.45, 7) is 0. The standard InChI is InChI=1S/C9H11N5S/c10-9(3-4-9)7-13-14-6(5-1-2-5)11-12-8(14)15-7/h5H,1-4,10H2. The summed E-state index contributed by atoms with van der Waals surface area (Å²) in [5, 5.41) is 13.9. The summed E-state index contributed by atoms with van der Waals surface area (Å²) in [5.41, 5.74) is 5.97. The molecule has 2 aliphatic rings. The highest BCUT2D eigenvalue weighted by Crippen LogP contribution is 2.45. The van der Waals surface area contributed by atoms with E-state index in [-0.39, 0.29) is 5.54 Å². The minimum absolute atomic E-state index is 0.147. The lowest BCUT2D eigenvalue weighted by Gasteiger charge is -2.00. The molecule has 6 heteroatoms. The normalized spacial score (nSPS) is 23.5. The van der Waals surface area contributed by atoms with E-state index in [2.05, 4.69) is 15.3 Å². The van der Waals surface area contributed by atoms with Crippen LogP contribution in [0.4, 0.5) is 0 Å². The number of fused-ring (bicyclic) bond motifs is 1. The van der Waals surface area contributed by atoms with Crippen molar-refractivity contribution in [2.24, 2.45) is 5.73 Å². The molecule has 2 heterocycles. The van der Waals surface area contributed by atoms with E-state index in [1.807, 2.05) is 4.52 Å². The van der Waals surface area contributed by atoms with Crippen molar-refractivity contribution in [1.29, 1.82) is 0 Å². The predicted octanol–water partition coefficient (Wildman–Crippen LogP) is 1.01. The second-order valence-corrected chi connectivity index (χ2v) is 5.55. The molecule has 0 aromatic carbocycles. The maximum Gasteiger partial charge on any atom is 0.234 e. The van der Waals surface area contributed by atoms with Crippen LogP contribution in [0.3, 0.4) is 0 Å². The van der Waals surface area contributed by atoms with Gasteiger partial charge in [-0.3, -0.25) is 0 Å². The molecule has 5 nitrogen and oxygen atoms in total. The lowest BCUT2D eigenvalue weighted by Crippen LogP contribution is -2.18. The number of nitrogens with two attached hydrogens (primary N) is 1. The van der Waals surface area contributed by atoms with Gasteiger partial charge in [-0.25, -0.2) is 0 Å². The van der Waals surface area contributed by atoms with Gasteiger partial charge in [0.1, 0.15) is 5.01 Å². The first-order chi connectivity index (χ1) is 7.26. The molecule has 0 saturated heterocycles. The van der Waals surface area contributed by atoms with Gasteiger partial charge in [0.05, 0.1) is 5.54 Å². The maximum absolute atomic E-state index is 6.12. The van der Waals surface area contributed by atoms with Crippen LogP contribution in [0.5, 0.6) is 0 Å². The van der Waals surface area contributed by atoms with Crippen molar-refractivity contribution in [3.63, 3.8) is 0 Å². The van der Waals surface area contributed by atoms with Crippen LogP contribution >= 0.6 is 11.3 Å². The van der Waals surface area contributed by atoms with E-state index in [0.29, 0.717) is 5.92 Å². The van der Waals surface area contributed by atoms with Crippen LogP contribution in [0.2, 0.25) is 0 Å². The average molecular weight is 221 g/mol. The maximum atomic E-state index is 6.12. The largest absolute Gasteiger partial charge is 0.319 e. The Morgan fingerprint density at radius 2 is 2.13 bits per heavy atom. The van der Waals surface area contributed by atoms with E-state index in [9.17, 15) is 0 Å². The molecule has 0 amide bonds. The van der Waals surface area contributed by atoms with Crippen LogP contribution in [-0.4, -0.2) is 19.8 Å². The van der Waals surface area contributed by atoms with E-state index in [0.717, 1.165) is 28.6 Å². The Kier molecular flexibility index (Phi) is 1.30. The zero-order valence-electron chi connectivity index (χ0n) is 8.18. The molecule has 4 rings (SSSR count). The second kappa shape index (κ2) is 2.38. The molecular weight excluding hydrogens is 210 g/mol. The Labute approximate surface area is 90.3 Å². The topological polar surface area (TPSA) is 69.1 Å². The van der Waals surface area contributed by atoms with Gasteiger partial charge in [-0.1, -0.05) is 11.3 Å². The Morgan fingerprint density at radius 1 is 1.33 bits per heavy atom. The van der Waals surface area contributed by atoms with Gasteiger partial charge >= 0.3 is 0 Å². The molecule has 2 fully saturated rings. The highest BCUT2D eigenvalue weighted by molar-refractivity contribution is 7.16. The van der Waals surface area contributed by atoms with Crippen molar-refractivity contribution in [2.45, 2.75) is 37.1 Å². The van der Waals surface area contributed by atoms with E-state index in [1.165, 1.54) is 12.8 Å². The molecule has 2 N–H and O–H groups in total. The molecule has 2 aliphatic carbocycles. The highest BCUT2D eigenvalue weighted by Gasteiger charge is 2.44. The molecule has 0 aliphatic heterocycles. The van der Waals surface area contributed by atoms with Gasteiger partial charge in [-0.2, -0.15) is 9.61 Å². The fourth-order valence-corrected chi connectivity index (χ4v) is 2.78. The molecule has 0 atom stereocenters. The molecule has 78 valence electrons. The van der Waals surface area contributed by atoms with Crippen LogP contribution in [0.15, 0.2) is 0 Å². The Bertz CT molecular complexity index is 534. The zero-order chi connectivity index (χ0) is 10.0. The van der Waals surface area contributed by atoms with Crippen molar-refractivity contribution in [3.8, 4) is 0 Å². The second-order valence-electron chi connectivity index (χ2n) is 4.59. The van der Waals surface area contributed by atoms with Gasteiger partial charge < -0.3 is 5.73 Å². The van der Waals surface area contributed by atoms with Crippen molar-refractivity contribution in [3.05, 3.63) is 10.8 Å². The molecule has 2 aromatic rings. The highest BCUT2D eigenvalue weighted by atomic mass is 32.1. The van der Waals surface area contributed by atoms with Crippen LogP contribution in [0, 0.1) is 0 Å². The molecule has 15 heavy (non-hydrogen) atoms. The Hall–Kier alpha value is -1.01. The molecule has 2 saturated carbocycles. The summed E-state index contributed by atoms with van der Waals surface area (Å²) in [4.78, 5) is 0.892.